The number of pyridine rings is 1. The molecule has 28 heavy (non-hydrogen) atoms. The summed E-state index contributed by atoms with van der Waals surface area (Å²) < 4.78 is 1.87. The van der Waals surface area contributed by atoms with E-state index in [2.05, 4.69) is 30.4 Å². The summed E-state index contributed by atoms with van der Waals surface area (Å²) in [7, 11) is 0. The van der Waals surface area contributed by atoms with Crippen molar-refractivity contribution in [3.8, 4) is 11.1 Å². The zero-order valence-electron chi connectivity index (χ0n) is 16.3. The molecular formula is C21H25N7. The van der Waals surface area contributed by atoms with Crippen molar-refractivity contribution in [2.75, 3.05) is 5.32 Å². The fraction of sp³-hybridized carbons (Fsp3) is 0.381. The van der Waals surface area contributed by atoms with Gasteiger partial charge < -0.3 is 5.32 Å². The van der Waals surface area contributed by atoms with E-state index in [-0.39, 0.29) is 0 Å². The van der Waals surface area contributed by atoms with Crippen LogP contribution in [0.5, 0.6) is 0 Å². The first-order chi connectivity index (χ1) is 13.9. The van der Waals surface area contributed by atoms with Crippen LogP contribution in [0.1, 0.15) is 46.0 Å². The third-order valence-corrected chi connectivity index (χ3v) is 4.99. The summed E-state index contributed by atoms with van der Waals surface area (Å²) in [5, 5.41) is 8.10. The Morgan fingerprint density at radius 2 is 1.79 bits per heavy atom. The molecule has 4 heterocycles. The van der Waals surface area contributed by atoms with Gasteiger partial charge in [0.1, 0.15) is 5.52 Å². The van der Waals surface area contributed by atoms with Crippen molar-refractivity contribution >= 4 is 22.6 Å². The summed E-state index contributed by atoms with van der Waals surface area (Å²) in [6.07, 6.45) is 15.3. The Morgan fingerprint density at radius 1 is 0.964 bits per heavy atom. The number of hydrogen-bond acceptors (Lipinski definition) is 6. The van der Waals surface area contributed by atoms with Crippen LogP contribution in [0.4, 0.5) is 5.95 Å². The third-order valence-electron chi connectivity index (χ3n) is 4.99. The lowest BCUT2D eigenvalue weighted by Crippen LogP contribution is -2.23. The van der Waals surface area contributed by atoms with Gasteiger partial charge in [0.2, 0.25) is 5.95 Å². The fourth-order valence-electron chi connectivity index (χ4n) is 3.65. The Bertz CT molecular complexity index is 1070. The minimum Gasteiger partial charge on any atom is -0.350 e. The SMILES string of the molecule is CC.c1cnc2ncc(-c3ccn4nc(NC5CCCCC5)ncc34)cc2n1. The van der Waals surface area contributed by atoms with Crippen molar-refractivity contribution in [3.05, 3.63) is 43.1 Å². The van der Waals surface area contributed by atoms with Gasteiger partial charge in [0.15, 0.2) is 5.65 Å². The van der Waals surface area contributed by atoms with Crippen molar-refractivity contribution in [3.63, 3.8) is 0 Å². The molecule has 5 rings (SSSR count). The number of aromatic nitrogens is 6. The van der Waals surface area contributed by atoms with Gasteiger partial charge in [-0.25, -0.2) is 19.5 Å². The third kappa shape index (κ3) is 3.65. The van der Waals surface area contributed by atoms with E-state index >= 15 is 0 Å². The predicted octanol–water partition coefficient (Wildman–Crippen LogP) is 4.51. The Morgan fingerprint density at radius 3 is 2.64 bits per heavy atom. The lowest BCUT2D eigenvalue weighted by atomic mass is 9.96. The molecule has 144 valence electrons. The second kappa shape index (κ2) is 8.29. The molecule has 1 saturated carbocycles. The smallest absolute Gasteiger partial charge is 0.241 e. The van der Waals surface area contributed by atoms with Crippen molar-refractivity contribution in [1.82, 2.24) is 29.5 Å². The quantitative estimate of drug-likeness (QED) is 0.568. The highest BCUT2D eigenvalue weighted by Crippen LogP contribution is 2.26. The van der Waals surface area contributed by atoms with Gasteiger partial charge >= 0.3 is 0 Å². The molecule has 1 aliphatic rings. The van der Waals surface area contributed by atoms with Gasteiger partial charge in [-0.05, 0) is 25.0 Å². The van der Waals surface area contributed by atoms with Crippen LogP contribution >= 0.6 is 0 Å². The van der Waals surface area contributed by atoms with Gasteiger partial charge in [0.25, 0.3) is 0 Å². The van der Waals surface area contributed by atoms with E-state index in [9.17, 15) is 0 Å². The minimum absolute atomic E-state index is 0.486. The molecule has 0 amide bonds. The van der Waals surface area contributed by atoms with Gasteiger partial charge in [-0.3, -0.25) is 4.98 Å². The summed E-state index contributed by atoms with van der Waals surface area (Å²) in [6, 6.07) is 4.52. The number of rotatable bonds is 3. The molecule has 0 aliphatic heterocycles. The normalized spacial score (nSPS) is 14.6. The van der Waals surface area contributed by atoms with Crippen LogP contribution in [0.3, 0.4) is 0 Å². The second-order valence-corrected chi connectivity index (χ2v) is 6.74. The van der Waals surface area contributed by atoms with Crippen LogP contribution in [-0.2, 0) is 0 Å². The summed E-state index contributed by atoms with van der Waals surface area (Å²) in [5.41, 5.74) is 4.39. The topological polar surface area (TPSA) is 80.9 Å². The first-order valence-corrected chi connectivity index (χ1v) is 10.0. The predicted molar refractivity (Wildman–Crippen MR) is 111 cm³/mol. The van der Waals surface area contributed by atoms with Crippen molar-refractivity contribution in [2.45, 2.75) is 52.0 Å². The van der Waals surface area contributed by atoms with E-state index in [0.717, 1.165) is 22.2 Å². The van der Waals surface area contributed by atoms with Gasteiger partial charge in [-0.2, -0.15) is 0 Å². The molecule has 0 saturated heterocycles. The minimum atomic E-state index is 0.486. The largest absolute Gasteiger partial charge is 0.350 e. The average molecular weight is 375 g/mol. The molecule has 4 aromatic heterocycles. The molecule has 1 aliphatic carbocycles. The van der Waals surface area contributed by atoms with Crippen LogP contribution in [0.25, 0.3) is 27.8 Å². The highest BCUT2D eigenvalue weighted by molar-refractivity contribution is 5.84. The van der Waals surface area contributed by atoms with E-state index < -0.39 is 0 Å². The van der Waals surface area contributed by atoms with Crippen LogP contribution in [0.15, 0.2) is 43.1 Å². The van der Waals surface area contributed by atoms with Gasteiger partial charge in [-0.15, -0.1) is 5.10 Å². The summed E-state index contributed by atoms with van der Waals surface area (Å²) in [6.45, 7) is 4.00. The lowest BCUT2D eigenvalue weighted by molar-refractivity contribution is 0.460. The van der Waals surface area contributed by atoms with Crippen LogP contribution in [0.2, 0.25) is 0 Å². The molecule has 1 fully saturated rings. The molecule has 7 heteroatoms. The Balaban J connectivity index is 0.000000932. The Hall–Kier alpha value is -3.09. The molecule has 0 aromatic carbocycles. The maximum absolute atomic E-state index is 4.62. The number of anilines is 1. The zero-order chi connectivity index (χ0) is 19.3. The monoisotopic (exact) mass is 375 g/mol. The molecule has 0 radical (unpaired) electrons. The molecule has 4 aromatic rings. The van der Waals surface area contributed by atoms with Gasteiger partial charge in [-0.1, -0.05) is 33.1 Å². The van der Waals surface area contributed by atoms with Crippen molar-refractivity contribution < 1.29 is 0 Å². The molecule has 0 unspecified atom stereocenters. The maximum atomic E-state index is 4.62. The number of fused-ring (bicyclic) bond motifs is 2. The van der Waals surface area contributed by atoms with E-state index in [1.165, 1.54) is 32.1 Å². The number of nitrogens with zero attached hydrogens (tertiary/aromatic N) is 6. The highest BCUT2D eigenvalue weighted by Gasteiger charge is 2.15. The zero-order valence-corrected chi connectivity index (χ0v) is 16.3. The molecule has 0 spiro atoms. The molecule has 0 bridgehead atoms. The molecule has 1 N–H and O–H groups in total. The highest BCUT2D eigenvalue weighted by atomic mass is 15.3. The number of hydrogen-bond donors (Lipinski definition) is 1. The lowest BCUT2D eigenvalue weighted by Gasteiger charge is -2.22. The maximum Gasteiger partial charge on any atom is 0.241 e. The van der Waals surface area contributed by atoms with Crippen molar-refractivity contribution in [1.29, 1.82) is 0 Å². The van der Waals surface area contributed by atoms with Crippen LogP contribution < -0.4 is 5.32 Å². The number of nitrogens with one attached hydrogen (secondary N) is 1. The Labute approximate surface area is 164 Å². The standard InChI is InChI=1S/C19H19N7.C2H6/c1-2-4-14(5-3-1)24-19-23-12-17-15(6-9-26(17)25-19)13-10-16-18(22-11-13)21-8-7-20-16;1-2/h6-12,14H,1-5H2,(H,24,25);1-2H3. The summed E-state index contributed by atoms with van der Waals surface area (Å²) in [4.78, 5) is 17.5. The van der Waals surface area contributed by atoms with Crippen LogP contribution in [-0.4, -0.2) is 35.6 Å². The van der Waals surface area contributed by atoms with Gasteiger partial charge in [0, 0.05) is 42.0 Å². The van der Waals surface area contributed by atoms with Crippen LogP contribution in [0, 0.1) is 0 Å². The fourth-order valence-corrected chi connectivity index (χ4v) is 3.65. The first-order valence-electron chi connectivity index (χ1n) is 10.0. The Kier molecular flexibility index (Phi) is 5.41. The van der Waals surface area contributed by atoms with E-state index in [1.54, 1.807) is 12.4 Å². The molecule has 7 nitrogen and oxygen atoms in total. The molecular weight excluding hydrogens is 350 g/mol. The van der Waals surface area contributed by atoms with E-state index in [4.69, 9.17) is 0 Å². The summed E-state index contributed by atoms with van der Waals surface area (Å²) >= 11 is 0. The van der Waals surface area contributed by atoms with E-state index in [0.29, 0.717) is 17.6 Å². The second-order valence-electron chi connectivity index (χ2n) is 6.74. The van der Waals surface area contributed by atoms with Crippen molar-refractivity contribution in [2.24, 2.45) is 0 Å². The summed E-state index contributed by atoms with van der Waals surface area (Å²) in [5.74, 6) is 0.689. The van der Waals surface area contributed by atoms with E-state index in [1.807, 2.05) is 49.1 Å². The average Bonchev–Trinajstić information content (AvgIpc) is 3.19. The molecule has 0 atom stereocenters. The van der Waals surface area contributed by atoms with Gasteiger partial charge in [0.05, 0.1) is 11.7 Å². The first kappa shape index (κ1) is 18.3.